The zero-order valence-corrected chi connectivity index (χ0v) is 10.5. The first-order chi connectivity index (χ1) is 7.22. The van der Waals surface area contributed by atoms with E-state index >= 15 is 0 Å². The molecule has 1 saturated heterocycles. The van der Waals surface area contributed by atoms with Crippen molar-refractivity contribution in [2.24, 2.45) is 0 Å². The summed E-state index contributed by atoms with van der Waals surface area (Å²) < 4.78 is 0. The molecule has 1 fully saturated rings. The van der Waals surface area contributed by atoms with Gasteiger partial charge in [0.05, 0.1) is 0 Å². The Bertz CT molecular complexity index is 199. The quantitative estimate of drug-likeness (QED) is 0.750. The van der Waals surface area contributed by atoms with Crippen LogP contribution in [0, 0.1) is 0 Å². The highest BCUT2D eigenvalue weighted by molar-refractivity contribution is 7.98. The second kappa shape index (κ2) is 7.12. The van der Waals surface area contributed by atoms with Crippen molar-refractivity contribution in [3.05, 3.63) is 0 Å². The molecule has 1 amide bonds. The fourth-order valence-corrected chi connectivity index (χ4v) is 2.49. The van der Waals surface area contributed by atoms with Crippen LogP contribution in [-0.4, -0.2) is 36.5 Å². The lowest BCUT2D eigenvalue weighted by atomic mass is 10.1. The van der Waals surface area contributed by atoms with E-state index in [0.29, 0.717) is 18.5 Å². The molecule has 0 bridgehead atoms. The topological polar surface area (TPSA) is 41.1 Å². The molecule has 1 aliphatic heterocycles. The summed E-state index contributed by atoms with van der Waals surface area (Å²) in [7, 11) is 0. The Kier molecular flexibility index (Phi) is 6.10. The van der Waals surface area contributed by atoms with Gasteiger partial charge in [0.15, 0.2) is 0 Å². The van der Waals surface area contributed by atoms with E-state index in [1.807, 2.05) is 11.8 Å². The smallest absolute Gasteiger partial charge is 0.221 e. The number of carbonyl (C=O) groups is 1. The van der Waals surface area contributed by atoms with Crippen molar-refractivity contribution in [2.45, 2.75) is 44.7 Å². The van der Waals surface area contributed by atoms with Crippen molar-refractivity contribution in [1.29, 1.82) is 0 Å². The third-order valence-corrected chi connectivity index (χ3v) is 3.40. The molecule has 1 rings (SSSR count). The fourth-order valence-electron chi connectivity index (χ4n) is 1.90. The van der Waals surface area contributed by atoms with Gasteiger partial charge in [0.1, 0.15) is 0 Å². The highest BCUT2D eigenvalue weighted by Crippen LogP contribution is 2.09. The molecule has 0 radical (unpaired) electrons. The number of rotatable bonds is 5. The first-order valence-electron chi connectivity index (χ1n) is 5.74. The molecule has 0 aromatic heterocycles. The van der Waals surface area contributed by atoms with Crippen LogP contribution in [0.2, 0.25) is 0 Å². The van der Waals surface area contributed by atoms with Crippen LogP contribution < -0.4 is 10.6 Å². The van der Waals surface area contributed by atoms with Crippen molar-refractivity contribution in [3.8, 4) is 0 Å². The lowest BCUT2D eigenvalue weighted by Gasteiger charge is -2.20. The second-order valence-electron chi connectivity index (χ2n) is 4.24. The molecule has 0 aromatic carbocycles. The molecule has 15 heavy (non-hydrogen) atoms. The molecule has 0 spiro atoms. The molecule has 2 atom stereocenters. The molecule has 3 nitrogen and oxygen atoms in total. The van der Waals surface area contributed by atoms with Crippen LogP contribution in [0.3, 0.4) is 0 Å². The normalized spacial score (nSPS) is 24.4. The third-order valence-electron chi connectivity index (χ3n) is 2.76. The molecule has 1 aliphatic rings. The van der Waals surface area contributed by atoms with Crippen LogP contribution in [0.25, 0.3) is 0 Å². The molecule has 1 heterocycles. The van der Waals surface area contributed by atoms with Gasteiger partial charge in [-0.1, -0.05) is 0 Å². The molecule has 0 aliphatic carbocycles. The minimum Gasteiger partial charge on any atom is -0.356 e. The van der Waals surface area contributed by atoms with E-state index in [1.54, 1.807) is 0 Å². The van der Waals surface area contributed by atoms with Gasteiger partial charge in [0, 0.05) is 25.0 Å². The van der Waals surface area contributed by atoms with Crippen molar-refractivity contribution in [1.82, 2.24) is 10.6 Å². The van der Waals surface area contributed by atoms with Gasteiger partial charge >= 0.3 is 0 Å². The average molecular weight is 230 g/mol. The van der Waals surface area contributed by atoms with Crippen LogP contribution in [0.15, 0.2) is 0 Å². The number of carbonyl (C=O) groups excluding carboxylic acids is 1. The van der Waals surface area contributed by atoms with E-state index in [1.165, 1.54) is 12.2 Å². The fraction of sp³-hybridized carbons (Fsp3) is 0.909. The molecule has 2 unspecified atom stereocenters. The lowest BCUT2D eigenvalue weighted by molar-refractivity contribution is -0.121. The zero-order valence-electron chi connectivity index (χ0n) is 9.71. The Morgan fingerprint density at radius 2 is 2.47 bits per heavy atom. The number of hydrogen-bond donors (Lipinski definition) is 2. The Morgan fingerprint density at radius 3 is 3.20 bits per heavy atom. The molecule has 88 valence electrons. The number of nitrogens with one attached hydrogen (secondary N) is 2. The van der Waals surface area contributed by atoms with Crippen molar-refractivity contribution in [2.75, 3.05) is 18.6 Å². The van der Waals surface area contributed by atoms with E-state index < -0.39 is 0 Å². The zero-order chi connectivity index (χ0) is 11.1. The largest absolute Gasteiger partial charge is 0.356 e. The SMILES string of the molecule is CSCCC(C)NC1CCCNC(=O)C1. The Labute approximate surface area is 96.8 Å². The number of hydrogen-bond acceptors (Lipinski definition) is 3. The maximum atomic E-state index is 11.3. The molecular weight excluding hydrogens is 208 g/mol. The monoisotopic (exact) mass is 230 g/mol. The van der Waals surface area contributed by atoms with E-state index in [-0.39, 0.29) is 5.91 Å². The molecule has 0 saturated carbocycles. The molecule has 4 heteroatoms. The Hall–Kier alpha value is -0.220. The molecule has 2 N–H and O–H groups in total. The van der Waals surface area contributed by atoms with Gasteiger partial charge in [-0.25, -0.2) is 0 Å². The van der Waals surface area contributed by atoms with Gasteiger partial charge in [-0.05, 0) is 38.2 Å². The highest BCUT2D eigenvalue weighted by Gasteiger charge is 2.18. The summed E-state index contributed by atoms with van der Waals surface area (Å²) in [5, 5.41) is 6.46. The summed E-state index contributed by atoms with van der Waals surface area (Å²) in [6.45, 7) is 3.05. The maximum Gasteiger partial charge on any atom is 0.221 e. The minimum absolute atomic E-state index is 0.196. The molecular formula is C11H22N2OS. The minimum atomic E-state index is 0.196. The number of thioether (sulfide) groups is 1. The van der Waals surface area contributed by atoms with Gasteiger partial charge < -0.3 is 10.6 Å². The summed E-state index contributed by atoms with van der Waals surface area (Å²) in [5.74, 6) is 1.38. The average Bonchev–Trinajstić information content (AvgIpc) is 2.39. The third kappa shape index (κ3) is 5.42. The summed E-state index contributed by atoms with van der Waals surface area (Å²) in [6, 6.07) is 0.901. The van der Waals surface area contributed by atoms with E-state index in [2.05, 4.69) is 23.8 Å². The van der Waals surface area contributed by atoms with Gasteiger partial charge in [-0.3, -0.25) is 4.79 Å². The van der Waals surface area contributed by atoms with E-state index in [9.17, 15) is 4.79 Å². The van der Waals surface area contributed by atoms with E-state index in [0.717, 1.165) is 19.4 Å². The van der Waals surface area contributed by atoms with Gasteiger partial charge in [0.25, 0.3) is 0 Å². The summed E-state index contributed by atoms with van der Waals surface area (Å²) >= 11 is 1.88. The predicted octanol–water partition coefficient (Wildman–Crippen LogP) is 1.39. The van der Waals surface area contributed by atoms with Gasteiger partial charge in [-0.15, -0.1) is 0 Å². The Balaban J connectivity index is 2.25. The predicted molar refractivity (Wildman–Crippen MR) is 66.2 cm³/mol. The maximum absolute atomic E-state index is 11.3. The van der Waals surface area contributed by atoms with Crippen molar-refractivity contribution in [3.63, 3.8) is 0 Å². The first-order valence-corrected chi connectivity index (χ1v) is 7.13. The van der Waals surface area contributed by atoms with Gasteiger partial charge in [-0.2, -0.15) is 11.8 Å². The Morgan fingerprint density at radius 1 is 1.67 bits per heavy atom. The highest BCUT2D eigenvalue weighted by atomic mass is 32.2. The summed E-state index contributed by atoms with van der Waals surface area (Å²) in [4.78, 5) is 11.3. The summed E-state index contributed by atoms with van der Waals surface area (Å²) in [6.07, 6.45) is 6.16. The van der Waals surface area contributed by atoms with Crippen LogP contribution in [0.5, 0.6) is 0 Å². The summed E-state index contributed by atoms with van der Waals surface area (Å²) in [5.41, 5.74) is 0. The van der Waals surface area contributed by atoms with Crippen molar-refractivity contribution < 1.29 is 4.79 Å². The number of amides is 1. The van der Waals surface area contributed by atoms with Crippen LogP contribution >= 0.6 is 11.8 Å². The lowest BCUT2D eigenvalue weighted by Crippen LogP contribution is -2.38. The van der Waals surface area contributed by atoms with Crippen molar-refractivity contribution >= 4 is 17.7 Å². The second-order valence-corrected chi connectivity index (χ2v) is 5.23. The first kappa shape index (κ1) is 12.8. The standard InChI is InChI=1S/C11H22N2OS/c1-9(5-7-15-2)13-10-4-3-6-12-11(14)8-10/h9-10,13H,3-8H2,1-2H3,(H,12,14). The van der Waals surface area contributed by atoms with Crippen LogP contribution in [0.4, 0.5) is 0 Å². The van der Waals surface area contributed by atoms with Crippen LogP contribution in [0.1, 0.15) is 32.6 Å². The van der Waals surface area contributed by atoms with Crippen LogP contribution in [-0.2, 0) is 4.79 Å². The van der Waals surface area contributed by atoms with E-state index in [4.69, 9.17) is 0 Å². The van der Waals surface area contributed by atoms with Gasteiger partial charge in [0.2, 0.25) is 5.91 Å². The molecule has 0 aromatic rings.